The Bertz CT molecular complexity index is 768. The summed E-state index contributed by atoms with van der Waals surface area (Å²) in [5.41, 5.74) is 1.63. The third-order valence-electron chi connectivity index (χ3n) is 3.36. The average molecular weight is 381 g/mol. The molecule has 0 radical (unpaired) electrons. The summed E-state index contributed by atoms with van der Waals surface area (Å²) in [7, 11) is -4.02. The Morgan fingerprint density at radius 2 is 2.08 bits per heavy atom. The van der Waals surface area contributed by atoms with Crippen LogP contribution in [0.15, 0.2) is 23.6 Å². The quantitative estimate of drug-likeness (QED) is 0.802. The summed E-state index contributed by atoms with van der Waals surface area (Å²) >= 11 is 1.44. The van der Waals surface area contributed by atoms with E-state index in [0.29, 0.717) is 0 Å². The molecule has 0 unspecified atom stereocenters. The molecule has 0 aliphatic heterocycles. The zero-order valence-electron chi connectivity index (χ0n) is 13.2. The van der Waals surface area contributed by atoms with Gasteiger partial charge in [0.25, 0.3) is 0 Å². The van der Waals surface area contributed by atoms with Crippen LogP contribution < -0.4 is 4.72 Å². The van der Waals surface area contributed by atoms with Crippen LogP contribution in [0.5, 0.6) is 0 Å². The summed E-state index contributed by atoms with van der Waals surface area (Å²) in [6.45, 7) is 3.61. The second-order valence-electron chi connectivity index (χ2n) is 5.44. The van der Waals surface area contributed by atoms with Crippen LogP contribution >= 0.6 is 11.3 Å². The highest BCUT2D eigenvalue weighted by molar-refractivity contribution is 7.89. The zero-order chi connectivity index (χ0) is 18.0. The largest absolute Gasteiger partial charge is 0.390 e. The first-order chi connectivity index (χ1) is 11.1. The van der Waals surface area contributed by atoms with Crippen LogP contribution in [0.4, 0.5) is 13.2 Å². The summed E-state index contributed by atoms with van der Waals surface area (Å²) in [5, 5.41) is 6.21. The van der Waals surface area contributed by atoms with Crippen LogP contribution in [0.25, 0.3) is 0 Å². The molecular weight excluding hydrogens is 363 g/mol. The first kappa shape index (κ1) is 18.9. The molecule has 2 aromatic rings. The van der Waals surface area contributed by atoms with Crippen molar-refractivity contribution in [3.05, 3.63) is 39.8 Å². The molecule has 0 bridgehead atoms. The molecule has 1 N–H and O–H groups in total. The van der Waals surface area contributed by atoms with E-state index in [9.17, 15) is 21.6 Å². The van der Waals surface area contributed by atoms with Gasteiger partial charge >= 0.3 is 6.18 Å². The van der Waals surface area contributed by atoms with Gasteiger partial charge in [0.05, 0.1) is 23.9 Å². The van der Waals surface area contributed by atoms with Crippen LogP contribution in [0, 0.1) is 13.8 Å². The molecule has 10 heteroatoms. The molecule has 0 spiro atoms. The van der Waals surface area contributed by atoms with E-state index in [4.69, 9.17) is 0 Å². The molecular formula is C14H18F3N3O2S2. The fourth-order valence-corrected chi connectivity index (χ4v) is 4.15. The van der Waals surface area contributed by atoms with Crippen LogP contribution in [-0.2, 0) is 10.0 Å². The second kappa shape index (κ2) is 7.24. The van der Waals surface area contributed by atoms with Crippen molar-refractivity contribution in [3.63, 3.8) is 0 Å². The molecule has 24 heavy (non-hydrogen) atoms. The molecule has 0 saturated heterocycles. The fourth-order valence-electron chi connectivity index (χ4n) is 2.28. The number of aromatic nitrogens is 2. The van der Waals surface area contributed by atoms with Crippen LogP contribution in [0.3, 0.4) is 0 Å². The molecule has 0 saturated carbocycles. The van der Waals surface area contributed by atoms with Gasteiger partial charge in [0.2, 0.25) is 10.0 Å². The highest BCUT2D eigenvalue weighted by Gasteiger charge is 2.30. The SMILES string of the molecule is Cc1cc(C)n([C@H](CNS(=O)(=O)CCC(F)(F)F)c2cccs2)n1. The summed E-state index contributed by atoms with van der Waals surface area (Å²) < 4.78 is 64.3. The molecule has 0 aliphatic carbocycles. The molecule has 2 aromatic heterocycles. The summed E-state index contributed by atoms with van der Waals surface area (Å²) in [6.07, 6.45) is -5.87. The number of halogens is 3. The average Bonchev–Trinajstić information content (AvgIpc) is 3.07. The van der Waals surface area contributed by atoms with Crippen molar-refractivity contribution in [3.8, 4) is 0 Å². The first-order valence-corrected chi connectivity index (χ1v) is 9.71. The number of nitrogens with one attached hydrogen (secondary N) is 1. The molecule has 2 rings (SSSR count). The standard InChI is InChI=1S/C14H18F3N3O2S2/c1-10-8-11(2)20(19-10)12(13-4-3-6-23-13)9-18-24(21,22)7-5-14(15,16)17/h3-4,6,8,12,18H,5,7,9H2,1-2H3/t12-/m1/s1. The molecule has 0 aliphatic rings. The van der Waals surface area contributed by atoms with Gasteiger partial charge in [-0.1, -0.05) is 6.07 Å². The number of alkyl halides is 3. The minimum atomic E-state index is -4.50. The Morgan fingerprint density at radius 1 is 1.38 bits per heavy atom. The van der Waals surface area contributed by atoms with E-state index in [-0.39, 0.29) is 6.54 Å². The van der Waals surface area contributed by atoms with Gasteiger partial charge in [-0.2, -0.15) is 18.3 Å². The molecule has 0 fully saturated rings. The number of aryl methyl sites for hydroxylation is 2. The summed E-state index contributed by atoms with van der Waals surface area (Å²) in [4.78, 5) is 0.875. The predicted molar refractivity (Wildman–Crippen MR) is 86.6 cm³/mol. The Kier molecular flexibility index (Phi) is 5.71. The molecule has 0 amide bonds. The highest BCUT2D eigenvalue weighted by Crippen LogP contribution is 2.25. The molecule has 2 heterocycles. The van der Waals surface area contributed by atoms with E-state index < -0.39 is 34.4 Å². The summed E-state index contributed by atoms with van der Waals surface area (Å²) in [5.74, 6) is -0.981. The number of nitrogens with zero attached hydrogens (tertiary/aromatic N) is 2. The van der Waals surface area contributed by atoms with Crippen molar-refractivity contribution in [2.75, 3.05) is 12.3 Å². The van der Waals surface area contributed by atoms with E-state index in [1.54, 1.807) is 4.68 Å². The van der Waals surface area contributed by atoms with Crippen LogP contribution in [-0.4, -0.2) is 36.7 Å². The van der Waals surface area contributed by atoms with Crippen molar-refractivity contribution < 1.29 is 21.6 Å². The van der Waals surface area contributed by atoms with E-state index in [1.807, 2.05) is 37.4 Å². The predicted octanol–water partition coefficient (Wildman–Crippen LogP) is 3.02. The number of thiophene rings is 1. The number of hydrogen-bond acceptors (Lipinski definition) is 4. The third-order valence-corrected chi connectivity index (χ3v) is 5.68. The minimum absolute atomic E-state index is 0.0529. The lowest BCUT2D eigenvalue weighted by Gasteiger charge is -2.19. The lowest BCUT2D eigenvalue weighted by Crippen LogP contribution is -2.34. The maximum absolute atomic E-state index is 12.2. The van der Waals surface area contributed by atoms with Crippen molar-refractivity contribution in [1.29, 1.82) is 0 Å². The van der Waals surface area contributed by atoms with Crippen molar-refractivity contribution in [2.24, 2.45) is 0 Å². The van der Waals surface area contributed by atoms with E-state index in [1.165, 1.54) is 11.3 Å². The smallest absolute Gasteiger partial charge is 0.260 e. The van der Waals surface area contributed by atoms with Crippen LogP contribution in [0.1, 0.15) is 28.7 Å². The first-order valence-electron chi connectivity index (χ1n) is 7.18. The summed E-state index contributed by atoms with van der Waals surface area (Å²) in [6, 6.07) is 5.13. The topological polar surface area (TPSA) is 64.0 Å². The zero-order valence-corrected chi connectivity index (χ0v) is 14.8. The van der Waals surface area contributed by atoms with E-state index in [0.717, 1.165) is 16.3 Å². The fraction of sp³-hybridized carbons (Fsp3) is 0.500. The van der Waals surface area contributed by atoms with Gasteiger partial charge in [0.1, 0.15) is 0 Å². The maximum atomic E-state index is 12.2. The molecule has 5 nitrogen and oxygen atoms in total. The molecule has 0 aromatic carbocycles. The van der Waals surface area contributed by atoms with Gasteiger partial charge in [-0.05, 0) is 31.4 Å². The van der Waals surface area contributed by atoms with E-state index in [2.05, 4.69) is 9.82 Å². The Hall–Kier alpha value is -1.39. The van der Waals surface area contributed by atoms with Crippen LogP contribution in [0.2, 0.25) is 0 Å². The number of sulfonamides is 1. The van der Waals surface area contributed by atoms with Crippen molar-refractivity contribution in [1.82, 2.24) is 14.5 Å². The third kappa shape index (κ3) is 5.32. The lowest BCUT2D eigenvalue weighted by atomic mass is 10.2. The number of hydrogen-bond donors (Lipinski definition) is 1. The van der Waals surface area contributed by atoms with Gasteiger partial charge in [0, 0.05) is 17.1 Å². The Balaban J connectivity index is 2.14. The highest BCUT2D eigenvalue weighted by atomic mass is 32.2. The van der Waals surface area contributed by atoms with E-state index >= 15 is 0 Å². The number of rotatable bonds is 7. The van der Waals surface area contributed by atoms with Gasteiger partial charge in [0.15, 0.2) is 0 Å². The van der Waals surface area contributed by atoms with Gasteiger partial charge in [-0.25, -0.2) is 13.1 Å². The normalized spacial score (nSPS) is 14.0. The minimum Gasteiger partial charge on any atom is -0.260 e. The molecule has 134 valence electrons. The Morgan fingerprint density at radius 3 is 2.58 bits per heavy atom. The maximum Gasteiger partial charge on any atom is 0.390 e. The van der Waals surface area contributed by atoms with Gasteiger partial charge in [-0.3, -0.25) is 4.68 Å². The van der Waals surface area contributed by atoms with Gasteiger partial charge < -0.3 is 0 Å². The van der Waals surface area contributed by atoms with Crippen molar-refractivity contribution >= 4 is 21.4 Å². The van der Waals surface area contributed by atoms with Gasteiger partial charge in [-0.15, -0.1) is 11.3 Å². The monoisotopic (exact) mass is 381 g/mol. The lowest BCUT2D eigenvalue weighted by molar-refractivity contribution is -0.129. The second-order valence-corrected chi connectivity index (χ2v) is 8.34. The Labute approximate surface area is 142 Å². The molecule has 1 atom stereocenters. The van der Waals surface area contributed by atoms with Crippen molar-refractivity contribution in [2.45, 2.75) is 32.5 Å².